The van der Waals surface area contributed by atoms with Crippen molar-refractivity contribution in [1.82, 2.24) is 15.0 Å². The van der Waals surface area contributed by atoms with Crippen molar-refractivity contribution < 1.29 is 18.0 Å². The van der Waals surface area contributed by atoms with Crippen LogP contribution >= 0.6 is 0 Å². The first kappa shape index (κ1) is 18.5. The number of anilines is 3. The number of halogens is 3. The molecule has 0 spiro atoms. The minimum atomic E-state index is -4.48. The lowest BCUT2D eigenvalue weighted by Crippen LogP contribution is -2.47. The van der Waals surface area contributed by atoms with Crippen LogP contribution in [0.4, 0.5) is 30.6 Å². The summed E-state index contributed by atoms with van der Waals surface area (Å²) >= 11 is 0. The third-order valence-electron chi connectivity index (χ3n) is 4.81. The van der Waals surface area contributed by atoms with E-state index in [0.717, 1.165) is 30.8 Å². The lowest BCUT2D eigenvalue weighted by molar-refractivity contribution is -0.141. The molecule has 1 aliphatic heterocycles. The van der Waals surface area contributed by atoms with Gasteiger partial charge < -0.3 is 15.1 Å². The van der Waals surface area contributed by atoms with Crippen LogP contribution in [-0.2, 0) is 11.0 Å². The fourth-order valence-electron chi connectivity index (χ4n) is 3.04. The predicted octanol–water partition coefficient (Wildman–Crippen LogP) is 2.57. The Morgan fingerprint density at radius 2 is 1.75 bits per heavy atom. The number of hydrogen-bond donors (Lipinski definition) is 1. The molecule has 4 rings (SSSR count). The highest BCUT2D eigenvalue weighted by Crippen LogP contribution is 2.30. The number of amides is 1. The van der Waals surface area contributed by atoms with Crippen molar-refractivity contribution in [2.75, 3.05) is 41.3 Å². The maximum Gasteiger partial charge on any atom is 0.433 e. The van der Waals surface area contributed by atoms with Gasteiger partial charge in [0.05, 0.1) is 11.9 Å². The van der Waals surface area contributed by atoms with Gasteiger partial charge in [0.25, 0.3) is 0 Å². The monoisotopic (exact) mass is 392 g/mol. The molecular weight excluding hydrogens is 373 g/mol. The zero-order valence-corrected chi connectivity index (χ0v) is 15.0. The van der Waals surface area contributed by atoms with Crippen LogP contribution in [0.2, 0.25) is 0 Å². The largest absolute Gasteiger partial charge is 0.433 e. The van der Waals surface area contributed by atoms with Crippen LogP contribution < -0.4 is 15.1 Å². The third kappa shape index (κ3) is 4.15. The Kier molecular flexibility index (Phi) is 4.78. The maximum atomic E-state index is 12.8. The Labute approximate surface area is 159 Å². The van der Waals surface area contributed by atoms with Gasteiger partial charge in [-0.3, -0.25) is 4.79 Å². The molecule has 1 saturated heterocycles. The van der Waals surface area contributed by atoms with Gasteiger partial charge in [-0.1, -0.05) is 0 Å². The van der Waals surface area contributed by atoms with Crippen LogP contribution in [0, 0.1) is 5.92 Å². The number of alkyl halides is 3. The van der Waals surface area contributed by atoms with Crippen molar-refractivity contribution >= 4 is 23.4 Å². The Bertz CT molecular complexity index is 845. The molecule has 1 aliphatic carbocycles. The molecule has 0 aromatic carbocycles. The predicted molar refractivity (Wildman–Crippen MR) is 97.1 cm³/mol. The van der Waals surface area contributed by atoms with Crippen LogP contribution in [0.3, 0.4) is 0 Å². The number of piperazine rings is 1. The molecule has 2 aromatic rings. The summed E-state index contributed by atoms with van der Waals surface area (Å²) < 4.78 is 38.5. The molecule has 0 atom stereocenters. The second-order valence-corrected chi connectivity index (χ2v) is 6.88. The minimum Gasteiger partial charge on any atom is -0.367 e. The van der Waals surface area contributed by atoms with Gasteiger partial charge in [-0.15, -0.1) is 0 Å². The summed E-state index contributed by atoms with van der Waals surface area (Å²) in [6.07, 6.45) is 0.213. The van der Waals surface area contributed by atoms with E-state index in [0.29, 0.717) is 32.0 Å². The summed E-state index contributed by atoms with van der Waals surface area (Å²) in [6.45, 7) is 2.22. The van der Waals surface area contributed by atoms with Crippen LogP contribution in [0.1, 0.15) is 18.5 Å². The lowest BCUT2D eigenvalue weighted by atomic mass is 10.2. The fraction of sp³-hybridized carbons (Fsp3) is 0.444. The molecule has 28 heavy (non-hydrogen) atoms. The van der Waals surface area contributed by atoms with Crippen molar-refractivity contribution in [3.8, 4) is 0 Å². The van der Waals surface area contributed by atoms with E-state index < -0.39 is 11.9 Å². The third-order valence-corrected chi connectivity index (χ3v) is 4.81. The van der Waals surface area contributed by atoms with Gasteiger partial charge >= 0.3 is 6.18 Å². The summed E-state index contributed by atoms with van der Waals surface area (Å²) in [5, 5.41) is 2.79. The van der Waals surface area contributed by atoms with Gasteiger partial charge in [-0.05, 0) is 31.0 Å². The first-order valence-electron chi connectivity index (χ1n) is 9.07. The van der Waals surface area contributed by atoms with Gasteiger partial charge in [-0.2, -0.15) is 13.2 Å². The standard InChI is InChI=1S/C18H19F3N6O/c19-18(20,21)14-5-6-22-17(24-14)27-9-7-26(8-10-27)13-3-4-15(23-11-13)25-16(28)12-1-2-12/h3-6,11-12H,1-2,7-10H2,(H,23,25,28). The number of rotatable bonds is 4. The normalized spacial score (nSPS) is 17.5. The molecule has 0 radical (unpaired) electrons. The average molecular weight is 392 g/mol. The van der Waals surface area contributed by atoms with Gasteiger partial charge in [0, 0.05) is 38.3 Å². The maximum absolute atomic E-state index is 12.8. The summed E-state index contributed by atoms with van der Waals surface area (Å²) in [7, 11) is 0. The Morgan fingerprint density at radius 3 is 2.36 bits per heavy atom. The zero-order valence-electron chi connectivity index (χ0n) is 15.0. The minimum absolute atomic E-state index is 0.00921. The van der Waals surface area contributed by atoms with E-state index >= 15 is 0 Å². The highest BCUT2D eigenvalue weighted by atomic mass is 19.4. The molecule has 7 nitrogen and oxygen atoms in total. The molecule has 2 aliphatic rings. The molecule has 1 saturated carbocycles. The second-order valence-electron chi connectivity index (χ2n) is 6.88. The topological polar surface area (TPSA) is 74.2 Å². The van der Waals surface area contributed by atoms with E-state index in [9.17, 15) is 18.0 Å². The first-order chi connectivity index (χ1) is 13.4. The van der Waals surface area contributed by atoms with E-state index in [1.54, 1.807) is 17.2 Å². The highest BCUT2D eigenvalue weighted by molar-refractivity contribution is 5.93. The Balaban J connectivity index is 1.35. The van der Waals surface area contributed by atoms with Gasteiger partial charge in [0.2, 0.25) is 11.9 Å². The lowest BCUT2D eigenvalue weighted by Gasteiger charge is -2.36. The number of hydrogen-bond acceptors (Lipinski definition) is 6. The molecule has 1 amide bonds. The van der Waals surface area contributed by atoms with Crippen LogP contribution in [0.25, 0.3) is 0 Å². The molecule has 3 heterocycles. The first-order valence-corrected chi connectivity index (χ1v) is 9.07. The number of nitrogens with zero attached hydrogens (tertiary/aromatic N) is 5. The highest BCUT2D eigenvalue weighted by Gasteiger charge is 2.33. The zero-order chi connectivity index (χ0) is 19.7. The van der Waals surface area contributed by atoms with Gasteiger partial charge in [0.15, 0.2) is 0 Å². The van der Waals surface area contributed by atoms with E-state index in [-0.39, 0.29) is 17.8 Å². The summed E-state index contributed by atoms with van der Waals surface area (Å²) in [5.74, 6) is 0.741. The Hall–Kier alpha value is -2.91. The molecule has 2 aromatic heterocycles. The van der Waals surface area contributed by atoms with Gasteiger partial charge in [0.1, 0.15) is 11.5 Å². The van der Waals surface area contributed by atoms with E-state index in [2.05, 4.69) is 25.2 Å². The second kappa shape index (κ2) is 7.25. The van der Waals surface area contributed by atoms with Crippen molar-refractivity contribution in [3.05, 3.63) is 36.3 Å². The molecule has 2 fully saturated rings. The van der Waals surface area contributed by atoms with E-state index in [1.807, 2.05) is 6.07 Å². The quantitative estimate of drug-likeness (QED) is 0.862. The average Bonchev–Trinajstić information content (AvgIpc) is 3.54. The molecule has 0 bridgehead atoms. The summed E-state index contributed by atoms with van der Waals surface area (Å²) in [4.78, 5) is 27.5. The number of aromatic nitrogens is 3. The van der Waals surface area contributed by atoms with E-state index in [4.69, 9.17) is 0 Å². The molecule has 10 heteroatoms. The summed E-state index contributed by atoms with van der Waals surface area (Å²) in [5.41, 5.74) is -0.0398. The molecule has 0 unspecified atom stereocenters. The number of nitrogens with one attached hydrogen (secondary N) is 1. The van der Waals surface area contributed by atoms with Crippen molar-refractivity contribution in [3.63, 3.8) is 0 Å². The molecular formula is C18H19F3N6O. The molecule has 1 N–H and O–H groups in total. The van der Waals surface area contributed by atoms with Crippen molar-refractivity contribution in [1.29, 1.82) is 0 Å². The van der Waals surface area contributed by atoms with Crippen molar-refractivity contribution in [2.24, 2.45) is 5.92 Å². The van der Waals surface area contributed by atoms with E-state index in [1.165, 1.54) is 0 Å². The van der Waals surface area contributed by atoms with Gasteiger partial charge in [-0.25, -0.2) is 15.0 Å². The number of carbonyl (C=O) groups excluding carboxylic acids is 1. The molecule has 148 valence electrons. The van der Waals surface area contributed by atoms with Crippen molar-refractivity contribution in [2.45, 2.75) is 19.0 Å². The smallest absolute Gasteiger partial charge is 0.367 e. The Morgan fingerprint density at radius 1 is 1.04 bits per heavy atom. The van der Waals surface area contributed by atoms with Crippen LogP contribution in [0.5, 0.6) is 0 Å². The number of pyridine rings is 1. The summed E-state index contributed by atoms with van der Waals surface area (Å²) in [6, 6.07) is 4.51. The van der Waals surface area contributed by atoms with Crippen LogP contribution in [-0.4, -0.2) is 47.0 Å². The number of carbonyl (C=O) groups is 1. The fourth-order valence-corrected chi connectivity index (χ4v) is 3.04. The van der Waals surface area contributed by atoms with Crippen LogP contribution in [0.15, 0.2) is 30.6 Å². The SMILES string of the molecule is O=C(Nc1ccc(N2CCN(c3nccc(C(F)(F)F)n3)CC2)cn1)C1CC1.